The highest BCUT2D eigenvalue weighted by atomic mass is 127. The van der Waals surface area contributed by atoms with Crippen molar-refractivity contribution in [3.8, 4) is 0 Å². The predicted molar refractivity (Wildman–Crippen MR) is 135 cm³/mol. The molecule has 176 valence electrons. The van der Waals surface area contributed by atoms with Crippen LogP contribution in [0, 0.1) is 5.92 Å². The molecular formula is C22H44IN5O2. The van der Waals surface area contributed by atoms with Crippen LogP contribution in [-0.4, -0.2) is 79.3 Å². The van der Waals surface area contributed by atoms with Crippen LogP contribution in [0.2, 0.25) is 0 Å². The van der Waals surface area contributed by atoms with Crippen molar-refractivity contribution >= 4 is 36.0 Å². The SMILES string of the molecule is CCCN1CCC(NC(=NCC2CCN(C(=O)OC(C)(C)C)CC2)NCC)CC1.I. The lowest BCUT2D eigenvalue weighted by Gasteiger charge is -2.34. The fourth-order valence-electron chi connectivity index (χ4n) is 3.98. The minimum Gasteiger partial charge on any atom is -0.444 e. The second-order valence-electron chi connectivity index (χ2n) is 9.39. The quantitative estimate of drug-likeness (QED) is 0.308. The van der Waals surface area contributed by atoms with Gasteiger partial charge in [-0.25, -0.2) is 4.79 Å². The lowest BCUT2D eigenvalue weighted by molar-refractivity contribution is 0.0187. The molecule has 2 fully saturated rings. The molecule has 0 aliphatic carbocycles. The van der Waals surface area contributed by atoms with Crippen LogP contribution in [-0.2, 0) is 4.74 Å². The highest BCUT2D eigenvalue weighted by molar-refractivity contribution is 14.0. The van der Waals surface area contributed by atoms with Gasteiger partial charge in [0.1, 0.15) is 5.60 Å². The van der Waals surface area contributed by atoms with Gasteiger partial charge in [-0.3, -0.25) is 4.99 Å². The van der Waals surface area contributed by atoms with Crippen molar-refractivity contribution in [3.63, 3.8) is 0 Å². The summed E-state index contributed by atoms with van der Waals surface area (Å²) in [6, 6.07) is 0.509. The zero-order valence-corrected chi connectivity index (χ0v) is 22.0. The molecule has 2 rings (SSSR count). The molecule has 2 saturated heterocycles. The van der Waals surface area contributed by atoms with Gasteiger partial charge in [-0.1, -0.05) is 6.92 Å². The summed E-state index contributed by atoms with van der Waals surface area (Å²) < 4.78 is 5.49. The molecular weight excluding hydrogens is 493 g/mol. The van der Waals surface area contributed by atoms with Gasteiger partial charge in [-0.2, -0.15) is 0 Å². The molecule has 0 bridgehead atoms. The zero-order chi connectivity index (χ0) is 21.3. The third-order valence-corrected chi connectivity index (χ3v) is 5.59. The highest BCUT2D eigenvalue weighted by Crippen LogP contribution is 2.20. The maximum atomic E-state index is 12.2. The molecule has 2 N–H and O–H groups in total. The molecule has 0 aromatic heterocycles. The van der Waals surface area contributed by atoms with Crippen molar-refractivity contribution in [2.75, 3.05) is 45.8 Å². The molecule has 2 aliphatic heterocycles. The Hall–Kier alpha value is -0.770. The Morgan fingerprint density at radius 3 is 2.23 bits per heavy atom. The summed E-state index contributed by atoms with van der Waals surface area (Å²) in [5.41, 5.74) is -0.433. The zero-order valence-electron chi connectivity index (χ0n) is 19.7. The molecule has 7 nitrogen and oxygen atoms in total. The minimum atomic E-state index is -0.433. The van der Waals surface area contributed by atoms with Crippen molar-refractivity contribution in [1.29, 1.82) is 0 Å². The molecule has 1 amide bonds. The van der Waals surface area contributed by atoms with Gasteiger partial charge in [0, 0.05) is 45.3 Å². The number of nitrogens with zero attached hydrogens (tertiary/aromatic N) is 3. The van der Waals surface area contributed by atoms with Crippen molar-refractivity contribution < 1.29 is 9.53 Å². The first-order valence-electron chi connectivity index (χ1n) is 11.6. The van der Waals surface area contributed by atoms with Crippen molar-refractivity contribution in [2.24, 2.45) is 10.9 Å². The largest absolute Gasteiger partial charge is 0.444 e. The molecule has 0 aromatic carbocycles. The first-order valence-corrected chi connectivity index (χ1v) is 11.6. The van der Waals surface area contributed by atoms with Crippen molar-refractivity contribution in [2.45, 2.75) is 78.4 Å². The van der Waals surface area contributed by atoms with Gasteiger partial charge in [0.05, 0.1) is 0 Å². The number of carbonyl (C=O) groups is 1. The van der Waals surface area contributed by atoms with E-state index in [4.69, 9.17) is 9.73 Å². The van der Waals surface area contributed by atoms with E-state index in [-0.39, 0.29) is 30.1 Å². The Balaban J connectivity index is 0.00000450. The Morgan fingerprint density at radius 1 is 1.07 bits per heavy atom. The van der Waals surface area contributed by atoms with E-state index in [1.54, 1.807) is 0 Å². The van der Waals surface area contributed by atoms with Gasteiger partial charge in [-0.05, 0) is 72.3 Å². The number of nitrogens with one attached hydrogen (secondary N) is 2. The number of ether oxygens (including phenoxy) is 1. The number of rotatable bonds is 6. The molecule has 0 saturated carbocycles. The number of carbonyl (C=O) groups excluding carboxylic acids is 1. The lowest BCUT2D eigenvalue weighted by Crippen LogP contribution is -2.49. The smallest absolute Gasteiger partial charge is 0.410 e. The molecule has 0 radical (unpaired) electrons. The van der Waals surface area contributed by atoms with Gasteiger partial charge in [0.25, 0.3) is 0 Å². The van der Waals surface area contributed by atoms with E-state index >= 15 is 0 Å². The monoisotopic (exact) mass is 537 g/mol. The summed E-state index contributed by atoms with van der Waals surface area (Å²) in [6.45, 7) is 16.9. The number of piperidine rings is 2. The maximum absolute atomic E-state index is 12.2. The van der Waals surface area contributed by atoms with E-state index in [1.165, 1.54) is 38.9 Å². The molecule has 8 heteroatoms. The van der Waals surface area contributed by atoms with Crippen LogP contribution in [0.5, 0.6) is 0 Å². The minimum absolute atomic E-state index is 0. The summed E-state index contributed by atoms with van der Waals surface area (Å²) in [5, 5.41) is 7.04. The van der Waals surface area contributed by atoms with Crippen LogP contribution in [0.3, 0.4) is 0 Å². The first kappa shape index (κ1) is 27.3. The summed E-state index contributed by atoms with van der Waals surface area (Å²) in [5.74, 6) is 1.46. The highest BCUT2D eigenvalue weighted by Gasteiger charge is 2.27. The van der Waals surface area contributed by atoms with Crippen LogP contribution < -0.4 is 10.6 Å². The van der Waals surface area contributed by atoms with Crippen LogP contribution in [0.15, 0.2) is 4.99 Å². The number of likely N-dealkylation sites (tertiary alicyclic amines) is 2. The molecule has 0 spiro atoms. The van der Waals surface area contributed by atoms with E-state index in [1.807, 2.05) is 25.7 Å². The van der Waals surface area contributed by atoms with Gasteiger partial charge in [0.2, 0.25) is 0 Å². The average Bonchev–Trinajstić information content (AvgIpc) is 2.67. The summed E-state index contributed by atoms with van der Waals surface area (Å²) in [6.07, 6.45) is 5.37. The molecule has 30 heavy (non-hydrogen) atoms. The number of hydrogen-bond acceptors (Lipinski definition) is 4. The number of guanidine groups is 1. The fraction of sp³-hybridized carbons (Fsp3) is 0.909. The number of halogens is 1. The Bertz CT molecular complexity index is 522. The van der Waals surface area contributed by atoms with E-state index in [2.05, 4.69) is 29.4 Å². The van der Waals surface area contributed by atoms with Gasteiger partial charge in [0.15, 0.2) is 5.96 Å². The number of amides is 1. The summed E-state index contributed by atoms with van der Waals surface area (Å²) >= 11 is 0. The average molecular weight is 538 g/mol. The van der Waals surface area contributed by atoms with Crippen LogP contribution in [0.1, 0.15) is 66.7 Å². The molecule has 0 atom stereocenters. The maximum Gasteiger partial charge on any atom is 0.410 e. The van der Waals surface area contributed by atoms with Crippen LogP contribution >= 0.6 is 24.0 Å². The van der Waals surface area contributed by atoms with Gasteiger partial charge in [-0.15, -0.1) is 24.0 Å². The third-order valence-electron chi connectivity index (χ3n) is 5.59. The topological polar surface area (TPSA) is 69.2 Å². The molecule has 2 aliphatic rings. The fourth-order valence-corrected chi connectivity index (χ4v) is 3.98. The van der Waals surface area contributed by atoms with Crippen molar-refractivity contribution in [1.82, 2.24) is 20.4 Å². The normalized spacial score (nSPS) is 19.9. The standard InChI is InChI=1S/C22H43N5O2.HI/c1-6-12-26-13-10-19(11-14-26)25-20(23-7-2)24-17-18-8-15-27(16-9-18)21(28)29-22(3,4)5;/h18-19H,6-17H2,1-5H3,(H2,23,24,25);1H. The molecule has 2 heterocycles. The second-order valence-corrected chi connectivity index (χ2v) is 9.39. The van der Waals surface area contributed by atoms with Crippen LogP contribution in [0.25, 0.3) is 0 Å². The molecule has 0 aromatic rings. The lowest BCUT2D eigenvalue weighted by atomic mass is 9.97. The predicted octanol–water partition coefficient (Wildman–Crippen LogP) is 3.68. The van der Waals surface area contributed by atoms with Gasteiger partial charge >= 0.3 is 6.09 Å². The van der Waals surface area contributed by atoms with Crippen molar-refractivity contribution in [3.05, 3.63) is 0 Å². The Kier molecular flexibility index (Phi) is 12.4. The van der Waals surface area contributed by atoms with E-state index in [0.29, 0.717) is 12.0 Å². The summed E-state index contributed by atoms with van der Waals surface area (Å²) in [4.78, 5) is 21.5. The van der Waals surface area contributed by atoms with Gasteiger partial charge < -0.3 is 25.2 Å². The number of hydrogen-bond donors (Lipinski definition) is 2. The molecule has 0 unspecified atom stereocenters. The Morgan fingerprint density at radius 2 is 1.70 bits per heavy atom. The van der Waals surface area contributed by atoms with E-state index in [9.17, 15) is 4.79 Å². The van der Waals surface area contributed by atoms with E-state index in [0.717, 1.165) is 45.0 Å². The number of aliphatic imine (C=N–C) groups is 1. The first-order chi connectivity index (χ1) is 13.8. The summed E-state index contributed by atoms with van der Waals surface area (Å²) in [7, 11) is 0. The van der Waals surface area contributed by atoms with Crippen LogP contribution in [0.4, 0.5) is 4.79 Å². The van der Waals surface area contributed by atoms with E-state index < -0.39 is 5.60 Å². The Labute approximate surface area is 200 Å². The third kappa shape index (κ3) is 10.0. The second kappa shape index (κ2) is 13.6.